The number of imidazole rings is 1. The van der Waals surface area contributed by atoms with Crippen LogP contribution in [-0.2, 0) is 6.42 Å². The Morgan fingerprint density at radius 3 is 3.12 bits per heavy atom. The van der Waals surface area contributed by atoms with Gasteiger partial charge in [0, 0.05) is 12.7 Å². The molecule has 2 aromatic rings. The van der Waals surface area contributed by atoms with E-state index in [2.05, 4.69) is 41.0 Å². The molecule has 1 aliphatic heterocycles. The molecule has 1 N–H and O–H groups in total. The highest BCUT2D eigenvalue weighted by atomic mass is 15.0. The minimum absolute atomic E-state index is 0.971. The van der Waals surface area contributed by atoms with Crippen molar-refractivity contribution in [2.45, 2.75) is 19.8 Å². The van der Waals surface area contributed by atoms with Gasteiger partial charge < -0.3 is 5.32 Å². The van der Waals surface area contributed by atoms with Crippen LogP contribution in [0.25, 0.3) is 11.2 Å². The van der Waals surface area contributed by atoms with Gasteiger partial charge in [0.2, 0.25) is 0 Å². The van der Waals surface area contributed by atoms with E-state index in [4.69, 9.17) is 4.98 Å². The second-order valence-electron chi connectivity index (χ2n) is 4.37. The molecule has 3 rings (SSSR count). The van der Waals surface area contributed by atoms with E-state index in [1.807, 2.05) is 6.07 Å². The highest BCUT2D eigenvalue weighted by molar-refractivity contribution is 5.69. The van der Waals surface area contributed by atoms with Crippen LogP contribution < -0.4 is 5.32 Å². The van der Waals surface area contributed by atoms with E-state index in [-0.39, 0.29) is 0 Å². The summed E-state index contributed by atoms with van der Waals surface area (Å²) in [5, 5.41) is 3.36. The van der Waals surface area contributed by atoms with Crippen molar-refractivity contribution >= 4 is 11.2 Å². The molecule has 1 aliphatic rings. The fraction of sp³-hybridized carbons (Fsp3) is 0.357. The van der Waals surface area contributed by atoms with Crippen molar-refractivity contribution in [1.29, 1.82) is 0 Å². The van der Waals surface area contributed by atoms with Crippen LogP contribution in [0.2, 0.25) is 0 Å². The van der Waals surface area contributed by atoms with E-state index in [9.17, 15) is 0 Å². The Labute approximate surface area is 101 Å². The van der Waals surface area contributed by atoms with E-state index < -0.39 is 0 Å². The van der Waals surface area contributed by atoms with Gasteiger partial charge in [-0.1, -0.05) is 19.1 Å². The van der Waals surface area contributed by atoms with Crippen molar-refractivity contribution in [3.8, 4) is 0 Å². The summed E-state index contributed by atoms with van der Waals surface area (Å²) in [5.41, 5.74) is 5.01. The fourth-order valence-electron chi connectivity index (χ4n) is 2.47. The molecule has 0 bridgehead atoms. The van der Waals surface area contributed by atoms with E-state index in [1.54, 1.807) is 0 Å². The number of fused-ring (bicyclic) bond motifs is 1. The third-order valence-corrected chi connectivity index (χ3v) is 3.31. The minimum Gasteiger partial charge on any atom is -0.313 e. The summed E-state index contributed by atoms with van der Waals surface area (Å²) in [6, 6.07) is 6.19. The zero-order valence-corrected chi connectivity index (χ0v) is 10.1. The van der Waals surface area contributed by atoms with E-state index >= 15 is 0 Å². The predicted octanol–water partition coefficient (Wildman–Crippen LogP) is 2.27. The van der Waals surface area contributed by atoms with Gasteiger partial charge in [0.05, 0.1) is 11.4 Å². The standard InChI is InChI=1S/C14H17N3/c1-2-12-14(11-6-8-15-9-7-11)17-10-4-3-5-13(17)16-12/h3-6,10,15H,2,7-9H2,1H3. The smallest absolute Gasteiger partial charge is 0.137 e. The Balaban J connectivity index is 2.21. The zero-order chi connectivity index (χ0) is 11.7. The van der Waals surface area contributed by atoms with Gasteiger partial charge in [0.1, 0.15) is 5.65 Å². The third kappa shape index (κ3) is 1.76. The van der Waals surface area contributed by atoms with Crippen LogP contribution in [0.1, 0.15) is 24.7 Å². The second-order valence-corrected chi connectivity index (χ2v) is 4.37. The molecular formula is C14H17N3. The Morgan fingerprint density at radius 2 is 2.35 bits per heavy atom. The number of pyridine rings is 1. The summed E-state index contributed by atoms with van der Waals surface area (Å²) < 4.78 is 2.22. The number of aryl methyl sites for hydroxylation is 1. The molecule has 0 saturated carbocycles. The fourth-order valence-corrected chi connectivity index (χ4v) is 2.47. The molecule has 0 atom stereocenters. The van der Waals surface area contributed by atoms with Gasteiger partial charge >= 0.3 is 0 Å². The van der Waals surface area contributed by atoms with Gasteiger partial charge in [0.25, 0.3) is 0 Å². The highest BCUT2D eigenvalue weighted by Crippen LogP contribution is 2.25. The summed E-state index contributed by atoms with van der Waals surface area (Å²) >= 11 is 0. The van der Waals surface area contributed by atoms with Gasteiger partial charge in [0.15, 0.2) is 0 Å². The van der Waals surface area contributed by atoms with Crippen LogP contribution in [0, 0.1) is 0 Å². The number of nitrogens with zero attached hydrogens (tertiary/aromatic N) is 2. The normalized spacial score (nSPS) is 16.2. The third-order valence-electron chi connectivity index (χ3n) is 3.31. The molecule has 2 aromatic heterocycles. The van der Waals surface area contributed by atoms with Crippen LogP contribution in [0.15, 0.2) is 30.5 Å². The summed E-state index contributed by atoms with van der Waals surface area (Å²) in [4.78, 5) is 4.71. The summed E-state index contributed by atoms with van der Waals surface area (Å²) in [7, 11) is 0. The SMILES string of the molecule is CCc1nc2ccccn2c1C1=CCNCC1. The maximum absolute atomic E-state index is 4.71. The molecule has 3 heterocycles. The Bertz CT molecular complexity index is 566. The number of rotatable bonds is 2. The number of hydrogen-bond acceptors (Lipinski definition) is 2. The van der Waals surface area contributed by atoms with E-state index in [0.29, 0.717) is 0 Å². The molecule has 0 radical (unpaired) electrons. The maximum atomic E-state index is 4.71. The molecule has 0 spiro atoms. The number of nitrogens with one attached hydrogen (secondary N) is 1. The predicted molar refractivity (Wildman–Crippen MR) is 70.0 cm³/mol. The van der Waals surface area contributed by atoms with Crippen LogP contribution in [0.3, 0.4) is 0 Å². The zero-order valence-electron chi connectivity index (χ0n) is 10.1. The molecule has 17 heavy (non-hydrogen) atoms. The first-order chi connectivity index (χ1) is 8.40. The first kappa shape index (κ1) is 10.5. The summed E-state index contributed by atoms with van der Waals surface area (Å²) in [5.74, 6) is 0. The molecule has 3 heteroatoms. The molecule has 0 amide bonds. The molecule has 88 valence electrons. The van der Waals surface area contributed by atoms with Gasteiger partial charge in [-0.25, -0.2) is 4.98 Å². The van der Waals surface area contributed by atoms with Crippen LogP contribution in [0.5, 0.6) is 0 Å². The van der Waals surface area contributed by atoms with Gasteiger partial charge in [-0.3, -0.25) is 4.40 Å². The molecule has 0 fully saturated rings. The number of hydrogen-bond donors (Lipinski definition) is 1. The first-order valence-corrected chi connectivity index (χ1v) is 6.26. The highest BCUT2D eigenvalue weighted by Gasteiger charge is 2.15. The van der Waals surface area contributed by atoms with E-state index in [1.165, 1.54) is 17.0 Å². The topological polar surface area (TPSA) is 29.3 Å². The Hall–Kier alpha value is -1.61. The Morgan fingerprint density at radius 1 is 1.41 bits per heavy atom. The van der Waals surface area contributed by atoms with Crippen LogP contribution in [-0.4, -0.2) is 22.5 Å². The number of aromatic nitrogens is 2. The van der Waals surface area contributed by atoms with Crippen molar-refractivity contribution in [2.75, 3.05) is 13.1 Å². The maximum Gasteiger partial charge on any atom is 0.137 e. The first-order valence-electron chi connectivity index (χ1n) is 6.26. The van der Waals surface area contributed by atoms with Gasteiger partial charge in [-0.05, 0) is 37.1 Å². The molecular weight excluding hydrogens is 210 g/mol. The lowest BCUT2D eigenvalue weighted by Gasteiger charge is -2.15. The molecule has 3 nitrogen and oxygen atoms in total. The monoisotopic (exact) mass is 227 g/mol. The largest absolute Gasteiger partial charge is 0.313 e. The Kier molecular flexibility index (Phi) is 2.69. The second kappa shape index (κ2) is 4.34. The lowest BCUT2D eigenvalue weighted by molar-refractivity contribution is 0.735. The average molecular weight is 227 g/mol. The minimum atomic E-state index is 0.971. The van der Waals surface area contributed by atoms with Crippen molar-refractivity contribution in [2.24, 2.45) is 0 Å². The van der Waals surface area contributed by atoms with Crippen molar-refractivity contribution in [3.05, 3.63) is 41.9 Å². The van der Waals surface area contributed by atoms with Crippen LogP contribution >= 0.6 is 0 Å². The van der Waals surface area contributed by atoms with Crippen molar-refractivity contribution in [1.82, 2.24) is 14.7 Å². The quantitative estimate of drug-likeness (QED) is 0.852. The van der Waals surface area contributed by atoms with Gasteiger partial charge in [-0.15, -0.1) is 0 Å². The molecule has 0 unspecified atom stereocenters. The lowest BCUT2D eigenvalue weighted by Crippen LogP contribution is -2.20. The summed E-state index contributed by atoms with van der Waals surface area (Å²) in [6.45, 7) is 4.21. The summed E-state index contributed by atoms with van der Waals surface area (Å²) in [6.07, 6.45) is 6.48. The van der Waals surface area contributed by atoms with E-state index in [0.717, 1.165) is 31.6 Å². The van der Waals surface area contributed by atoms with Crippen molar-refractivity contribution in [3.63, 3.8) is 0 Å². The average Bonchev–Trinajstić information content (AvgIpc) is 2.78. The lowest BCUT2D eigenvalue weighted by atomic mass is 10.0. The molecule has 0 saturated heterocycles. The van der Waals surface area contributed by atoms with Gasteiger partial charge in [-0.2, -0.15) is 0 Å². The molecule has 0 aliphatic carbocycles. The molecule has 0 aromatic carbocycles. The van der Waals surface area contributed by atoms with Crippen LogP contribution in [0.4, 0.5) is 0 Å². The van der Waals surface area contributed by atoms with Crippen molar-refractivity contribution < 1.29 is 0 Å².